The van der Waals surface area contributed by atoms with Crippen molar-refractivity contribution in [3.05, 3.63) is 28.4 Å². The van der Waals surface area contributed by atoms with Gasteiger partial charge in [0.25, 0.3) is 5.56 Å². The maximum Gasteiger partial charge on any atom is 0.342 e. The van der Waals surface area contributed by atoms with E-state index in [1.54, 1.807) is 4.57 Å². The molecule has 0 aliphatic carbocycles. The van der Waals surface area contributed by atoms with E-state index < -0.39 is 11.5 Å². The van der Waals surface area contributed by atoms with Crippen LogP contribution in [0, 0.1) is 0 Å². The second kappa shape index (κ2) is 4.44. The maximum atomic E-state index is 11.1. The minimum atomic E-state index is -1.26. The Hall–Kier alpha value is -1.69. The molecule has 16 heavy (non-hydrogen) atoms. The van der Waals surface area contributed by atoms with Crippen molar-refractivity contribution in [2.75, 3.05) is 6.61 Å². The number of rotatable bonds is 2. The number of carbonyl (C=O) groups is 1. The number of nitrogens with zero attached hydrogens (tertiary/aromatic N) is 2. The minimum absolute atomic E-state index is 0.208. The molecule has 1 N–H and O–H groups in total. The zero-order valence-corrected chi connectivity index (χ0v) is 8.63. The van der Waals surface area contributed by atoms with Gasteiger partial charge in [0.2, 0.25) is 0 Å². The van der Waals surface area contributed by atoms with Gasteiger partial charge in [-0.3, -0.25) is 4.79 Å². The van der Waals surface area contributed by atoms with E-state index in [1.165, 1.54) is 12.5 Å². The number of aromatic nitrogens is 2. The SMILES string of the molecule is O=C(O)c1cn(C2CCCCO2)cnc1=O. The molecule has 1 aromatic rings. The fourth-order valence-corrected chi connectivity index (χ4v) is 1.69. The number of hydrogen-bond donors (Lipinski definition) is 1. The first-order valence-corrected chi connectivity index (χ1v) is 5.11. The molecule has 2 rings (SSSR count). The summed E-state index contributed by atoms with van der Waals surface area (Å²) in [6.07, 6.45) is 5.25. The van der Waals surface area contributed by atoms with Crippen molar-refractivity contribution in [2.24, 2.45) is 0 Å². The van der Waals surface area contributed by atoms with Crippen molar-refractivity contribution < 1.29 is 14.6 Å². The van der Waals surface area contributed by atoms with Crippen LogP contribution in [0.4, 0.5) is 0 Å². The Morgan fingerprint density at radius 1 is 1.56 bits per heavy atom. The highest BCUT2D eigenvalue weighted by Crippen LogP contribution is 2.21. The first-order chi connectivity index (χ1) is 7.68. The van der Waals surface area contributed by atoms with E-state index in [0.29, 0.717) is 6.61 Å². The molecule has 0 amide bonds. The van der Waals surface area contributed by atoms with Crippen molar-refractivity contribution in [3.63, 3.8) is 0 Å². The van der Waals surface area contributed by atoms with E-state index in [1.807, 2.05) is 0 Å². The average Bonchev–Trinajstić information content (AvgIpc) is 2.30. The third-order valence-corrected chi connectivity index (χ3v) is 2.54. The topological polar surface area (TPSA) is 81.4 Å². The van der Waals surface area contributed by atoms with Crippen LogP contribution in [0.15, 0.2) is 17.3 Å². The summed E-state index contributed by atoms with van der Waals surface area (Å²) >= 11 is 0. The molecule has 1 aliphatic heterocycles. The summed E-state index contributed by atoms with van der Waals surface area (Å²) in [7, 11) is 0. The standard InChI is InChI=1S/C10H12N2O4/c13-9-7(10(14)15)5-12(6-11-9)8-3-1-2-4-16-8/h5-6,8H,1-4H2,(H,14,15). The predicted molar refractivity (Wildman–Crippen MR) is 54.3 cm³/mol. The normalized spacial score (nSPS) is 20.6. The summed E-state index contributed by atoms with van der Waals surface area (Å²) in [5, 5.41) is 8.79. The Kier molecular flexibility index (Phi) is 3.00. The summed E-state index contributed by atoms with van der Waals surface area (Å²) in [6.45, 7) is 0.652. The summed E-state index contributed by atoms with van der Waals surface area (Å²) < 4.78 is 7.01. The van der Waals surface area contributed by atoms with Gasteiger partial charge in [0.05, 0.1) is 0 Å². The Morgan fingerprint density at radius 2 is 2.38 bits per heavy atom. The van der Waals surface area contributed by atoms with Crippen LogP contribution in [0.25, 0.3) is 0 Å². The van der Waals surface area contributed by atoms with Crippen LogP contribution in [0.3, 0.4) is 0 Å². The van der Waals surface area contributed by atoms with Crippen LogP contribution in [0.1, 0.15) is 35.8 Å². The Morgan fingerprint density at radius 3 is 3.00 bits per heavy atom. The quantitative estimate of drug-likeness (QED) is 0.797. The van der Waals surface area contributed by atoms with Gasteiger partial charge in [-0.1, -0.05) is 0 Å². The number of carboxylic acids is 1. The molecular weight excluding hydrogens is 212 g/mol. The lowest BCUT2D eigenvalue weighted by atomic mass is 10.2. The highest BCUT2D eigenvalue weighted by Gasteiger charge is 2.17. The average molecular weight is 224 g/mol. The number of hydrogen-bond acceptors (Lipinski definition) is 4. The lowest BCUT2D eigenvalue weighted by Gasteiger charge is -2.24. The first kappa shape index (κ1) is 10.8. The van der Waals surface area contributed by atoms with E-state index in [0.717, 1.165) is 19.3 Å². The van der Waals surface area contributed by atoms with E-state index >= 15 is 0 Å². The van der Waals surface area contributed by atoms with Crippen LogP contribution < -0.4 is 5.56 Å². The van der Waals surface area contributed by atoms with Gasteiger partial charge in [-0.05, 0) is 19.3 Å². The van der Waals surface area contributed by atoms with Gasteiger partial charge in [0.15, 0.2) is 0 Å². The highest BCUT2D eigenvalue weighted by molar-refractivity contribution is 5.86. The van der Waals surface area contributed by atoms with Crippen molar-refractivity contribution in [2.45, 2.75) is 25.5 Å². The van der Waals surface area contributed by atoms with Crippen LogP contribution >= 0.6 is 0 Å². The number of ether oxygens (including phenoxy) is 1. The molecule has 2 heterocycles. The van der Waals surface area contributed by atoms with Gasteiger partial charge in [0, 0.05) is 12.8 Å². The zero-order valence-electron chi connectivity index (χ0n) is 8.63. The van der Waals surface area contributed by atoms with Gasteiger partial charge in [0.1, 0.15) is 18.1 Å². The van der Waals surface area contributed by atoms with E-state index in [2.05, 4.69) is 4.98 Å². The molecule has 0 aromatic carbocycles. The summed E-state index contributed by atoms with van der Waals surface area (Å²) in [5.74, 6) is -1.26. The summed E-state index contributed by atoms with van der Waals surface area (Å²) in [6, 6.07) is 0. The lowest BCUT2D eigenvalue weighted by molar-refractivity contribution is -0.0330. The summed E-state index contributed by atoms with van der Waals surface area (Å²) in [4.78, 5) is 25.4. The van der Waals surface area contributed by atoms with E-state index in [9.17, 15) is 9.59 Å². The molecule has 1 aromatic heterocycles. The molecule has 1 unspecified atom stereocenters. The van der Waals surface area contributed by atoms with Gasteiger partial charge >= 0.3 is 5.97 Å². The second-order valence-corrected chi connectivity index (χ2v) is 3.67. The highest BCUT2D eigenvalue weighted by atomic mass is 16.5. The zero-order chi connectivity index (χ0) is 11.5. The van der Waals surface area contributed by atoms with E-state index in [4.69, 9.17) is 9.84 Å². The fraction of sp³-hybridized carbons (Fsp3) is 0.500. The molecule has 1 fully saturated rings. The van der Waals surface area contributed by atoms with Gasteiger partial charge in [-0.2, -0.15) is 4.98 Å². The third-order valence-electron chi connectivity index (χ3n) is 2.54. The largest absolute Gasteiger partial charge is 0.477 e. The molecule has 86 valence electrons. The fourth-order valence-electron chi connectivity index (χ4n) is 1.69. The Bertz CT molecular complexity index is 448. The predicted octanol–water partition coefficient (Wildman–Crippen LogP) is 0.641. The minimum Gasteiger partial charge on any atom is -0.477 e. The van der Waals surface area contributed by atoms with Crippen LogP contribution in [-0.4, -0.2) is 27.2 Å². The Balaban J connectivity index is 2.31. The molecule has 1 saturated heterocycles. The first-order valence-electron chi connectivity index (χ1n) is 5.11. The van der Waals surface area contributed by atoms with Crippen molar-refractivity contribution in [1.82, 2.24) is 9.55 Å². The Labute approximate surface area is 91.5 Å². The van der Waals surface area contributed by atoms with Gasteiger partial charge < -0.3 is 14.4 Å². The summed E-state index contributed by atoms with van der Waals surface area (Å²) in [5.41, 5.74) is -1.05. The lowest BCUT2D eigenvalue weighted by Crippen LogP contribution is -2.24. The third kappa shape index (κ3) is 2.11. The monoisotopic (exact) mass is 224 g/mol. The number of carboxylic acid groups (broad SMARTS) is 1. The van der Waals surface area contributed by atoms with Crippen LogP contribution in [0.5, 0.6) is 0 Å². The smallest absolute Gasteiger partial charge is 0.342 e. The van der Waals surface area contributed by atoms with Crippen molar-refractivity contribution in [1.29, 1.82) is 0 Å². The molecule has 1 aliphatic rings. The van der Waals surface area contributed by atoms with Gasteiger partial charge in [-0.15, -0.1) is 0 Å². The molecule has 0 bridgehead atoms. The van der Waals surface area contributed by atoms with Crippen molar-refractivity contribution >= 4 is 5.97 Å². The second-order valence-electron chi connectivity index (χ2n) is 3.67. The van der Waals surface area contributed by atoms with Gasteiger partial charge in [-0.25, -0.2) is 4.79 Å². The maximum absolute atomic E-state index is 11.1. The van der Waals surface area contributed by atoms with Crippen molar-refractivity contribution in [3.8, 4) is 0 Å². The van der Waals surface area contributed by atoms with Crippen LogP contribution in [-0.2, 0) is 4.74 Å². The molecule has 6 heteroatoms. The molecule has 0 saturated carbocycles. The molecule has 6 nitrogen and oxygen atoms in total. The molecule has 1 atom stereocenters. The molecular formula is C10H12N2O4. The van der Waals surface area contributed by atoms with E-state index in [-0.39, 0.29) is 11.8 Å². The molecule has 0 spiro atoms. The van der Waals surface area contributed by atoms with Crippen LogP contribution in [0.2, 0.25) is 0 Å². The number of aromatic carboxylic acids is 1. The molecule has 0 radical (unpaired) electrons.